The molecule has 4 aromatic carbocycles. The summed E-state index contributed by atoms with van der Waals surface area (Å²) < 4.78 is 10.9. The normalized spacial score (nSPS) is 10.7. The van der Waals surface area contributed by atoms with Crippen LogP contribution in [0.2, 0.25) is 0 Å². The van der Waals surface area contributed by atoms with Crippen LogP contribution >= 0.6 is 0 Å². The number of rotatable bonds is 8. The predicted molar refractivity (Wildman–Crippen MR) is 133 cm³/mol. The Morgan fingerprint density at radius 3 is 2.32 bits per heavy atom. The van der Waals surface area contributed by atoms with Crippen LogP contribution < -0.4 is 14.9 Å². The summed E-state index contributed by atoms with van der Waals surface area (Å²) in [6.07, 6.45) is 3.16. The van der Waals surface area contributed by atoms with Crippen LogP contribution in [0.4, 0.5) is 0 Å². The molecule has 4 aromatic rings. The van der Waals surface area contributed by atoms with Crippen molar-refractivity contribution in [1.82, 2.24) is 5.43 Å². The summed E-state index contributed by atoms with van der Waals surface area (Å²) in [5, 5.41) is 5.80. The SMILES string of the molecule is C=CCOc1ccc(C(=O)N/N=C/c2ccc(OC(=O)c3cccc4ccccc34)cc2)cc1. The van der Waals surface area contributed by atoms with Crippen molar-refractivity contribution in [2.24, 2.45) is 5.10 Å². The lowest BCUT2D eigenvalue weighted by atomic mass is 10.0. The lowest BCUT2D eigenvalue weighted by molar-refractivity contribution is 0.0736. The first-order chi connectivity index (χ1) is 16.6. The van der Waals surface area contributed by atoms with Gasteiger partial charge in [-0.15, -0.1) is 0 Å². The maximum Gasteiger partial charge on any atom is 0.344 e. The Hall–Kier alpha value is -4.71. The van der Waals surface area contributed by atoms with Crippen LogP contribution in [0.5, 0.6) is 11.5 Å². The van der Waals surface area contributed by atoms with Gasteiger partial charge in [0, 0.05) is 5.56 Å². The Bertz CT molecular complexity index is 1340. The summed E-state index contributed by atoms with van der Waals surface area (Å²) in [5.74, 6) is 0.303. The Kier molecular flexibility index (Phi) is 7.10. The fourth-order valence-corrected chi connectivity index (χ4v) is 3.28. The van der Waals surface area contributed by atoms with Crippen molar-refractivity contribution < 1.29 is 19.1 Å². The average Bonchev–Trinajstić information content (AvgIpc) is 2.88. The molecular formula is C28H22N2O4. The number of hydrogen-bond acceptors (Lipinski definition) is 5. The summed E-state index contributed by atoms with van der Waals surface area (Å²) >= 11 is 0. The second-order valence-electron chi connectivity index (χ2n) is 7.31. The van der Waals surface area contributed by atoms with E-state index in [-0.39, 0.29) is 5.91 Å². The van der Waals surface area contributed by atoms with Gasteiger partial charge in [0.25, 0.3) is 5.91 Å². The molecule has 0 radical (unpaired) electrons. The zero-order chi connectivity index (χ0) is 23.8. The number of nitrogens with zero attached hydrogens (tertiary/aromatic N) is 1. The third kappa shape index (κ3) is 5.55. The maximum atomic E-state index is 12.7. The van der Waals surface area contributed by atoms with Crippen molar-refractivity contribution >= 4 is 28.9 Å². The van der Waals surface area contributed by atoms with E-state index in [9.17, 15) is 9.59 Å². The molecule has 6 heteroatoms. The molecule has 168 valence electrons. The molecule has 6 nitrogen and oxygen atoms in total. The third-order valence-corrected chi connectivity index (χ3v) is 4.96. The number of benzene rings is 4. The van der Waals surface area contributed by atoms with Crippen LogP contribution in [0.1, 0.15) is 26.3 Å². The number of ether oxygens (including phenoxy) is 2. The molecule has 0 unspecified atom stereocenters. The fourth-order valence-electron chi connectivity index (χ4n) is 3.28. The topological polar surface area (TPSA) is 77.0 Å². The zero-order valence-corrected chi connectivity index (χ0v) is 18.3. The number of nitrogens with one attached hydrogen (secondary N) is 1. The maximum absolute atomic E-state index is 12.7. The molecule has 0 atom stereocenters. The van der Waals surface area contributed by atoms with Gasteiger partial charge in [0.05, 0.1) is 11.8 Å². The van der Waals surface area contributed by atoms with E-state index in [2.05, 4.69) is 17.1 Å². The van der Waals surface area contributed by atoms with Crippen LogP contribution in [-0.2, 0) is 0 Å². The van der Waals surface area contributed by atoms with Crippen LogP contribution in [0.25, 0.3) is 10.8 Å². The van der Waals surface area contributed by atoms with Crippen molar-refractivity contribution in [3.8, 4) is 11.5 Å². The summed E-state index contributed by atoms with van der Waals surface area (Å²) in [6, 6.07) is 26.8. The van der Waals surface area contributed by atoms with Gasteiger partial charge in [-0.25, -0.2) is 10.2 Å². The van der Waals surface area contributed by atoms with Gasteiger partial charge in [0.1, 0.15) is 18.1 Å². The monoisotopic (exact) mass is 450 g/mol. The molecule has 1 N–H and O–H groups in total. The highest BCUT2D eigenvalue weighted by Crippen LogP contribution is 2.21. The number of amides is 1. The molecule has 0 aliphatic heterocycles. The third-order valence-electron chi connectivity index (χ3n) is 4.96. The predicted octanol–water partition coefficient (Wildman–Crippen LogP) is 5.39. The first-order valence-electron chi connectivity index (χ1n) is 10.6. The van der Waals surface area contributed by atoms with E-state index in [4.69, 9.17) is 9.47 Å². The molecule has 0 saturated heterocycles. The van der Waals surface area contributed by atoms with E-state index in [1.54, 1.807) is 60.7 Å². The number of carbonyl (C=O) groups excluding carboxylic acids is 2. The Labute approximate surface area is 197 Å². The molecule has 0 heterocycles. The number of hydrogen-bond donors (Lipinski definition) is 1. The summed E-state index contributed by atoms with van der Waals surface area (Å²) in [7, 11) is 0. The Balaban J connectivity index is 1.34. The van der Waals surface area contributed by atoms with Gasteiger partial charge in [-0.05, 0) is 70.9 Å². The zero-order valence-electron chi connectivity index (χ0n) is 18.3. The van der Waals surface area contributed by atoms with Crippen LogP contribution in [0, 0.1) is 0 Å². The lowest BCUT2D eigenvalue weighted by Gasteiger charge is -2.07. The molecule has 34 heavy (non-hydrogen) atoms. The molecule has 0 aliphatic carbocycles. The number of esters is 1. The first-order valence-corrected chi connectivity index (χ1v) is 10.6. The molecular weight excluding hydrogens is 428 g/mol. The van der Waals surface area contributed by atoms with Gasteiger partial charge in [-0.1, -0.05) is 49.1 Å². The largest absolute Gasteiger partial charge is 0.490 e. The van der Waals surface area contributed by atoms with E-state index in [1.165, 1.54) is 6.21 Å². The number of hydrazone groups is 1. The van der Waals surface area contributed by atoms with Gasteiger partial charge >= 0.3 is 5.97 Å². The minimum atomic E-state index is -0.425. The molecule has 4 rings (SSSR count). The molecule has 0 bridgehead atoms. The van der Waals surface area contributed by atoms with Crippen molar-refractivity contribution in [1.29, 1.82) is 0 Å². The summed E-state index contributed by atoms with van der Waals surface area (Å²) in [5.41, 5.74) is 4.18. The molecule has 0 fully saturated rings. The molecule has 0 aliphatic rings. The van der Waals surface area contributed by atoms with Gasteiger partial charge in [-0.3, -0.25) is 4.79 Å². The van der Waals surface area contributed by atoms with E-state index in [1.807, 2.05) is 36.4 Å². The Morgan fingerprint density at radius 1 is 0.853 bits per heavy atom. The smallest absolute Gasteiger partial charge is 0.344 e. The van der Waals surface area contributed by atoms with Crippen molar-refractivity contribution in [3.63, 3.8) is 0 Å². The second-order valence-corrected chi connectivity index (χ2v) is 7.31. The van der Waals surface area contributed by atoms with Crippen LogP contribution in [0.15, 0.2) is 109 Å². The number of fused-ring (bicyclic) bond motifs is 1. The van der Waals surface area contributed by atoms with Crippen molar-refractivity contribution in [2.45, 2.75) is 0 Å². The molecule has 0 saturated carbocycles. The highest BCUT2D eigenvalue weighted by Gasteiger charge is 2.12. The van der Waals surface area contributed by atoms with Gasteiger partial charge in [-0.2, -0.15) is 5.10 Å². The highest BCUT2D eigenvalue weighted by molar-refractivity contribution is 6.05. The molecule has 0 aromatic heterocycles. The second kappa shape index (κ2) is 10.7. The summed E-state index contributed by atoms with van der Waals surface area (Å²) in [6.45, 7) is 3.99. The van der Waals surface area contributed by atoms with Gasteiger partial charge in [0.15, 0.2) is 0 Å². The minimum Gasteiger partial charge on any atom is -0.490 e. The molecule has 1 amide bonds. The van der Waals surface area contributed by atoms with Crippen LogP contribution in [-0.4, -0.2) is 24.7 Å². The first kappa shape index (κ1) is 22.5. The van der Waals surface area contributed by atoms with E-state index in [0.29, 0.717) is 29.2 Å². The van der Waals surface area contributed by atoms with Crippen LogP contribution in [0.3, 0.4) is 0 Å². The summed E-state index contributed by atoms with van der Waals surface area (Å²) in [4.78, 5) is 24.9. The lowest BCUT2D eigenvalue weighted by Crippen LogP contribution is -2.17. The van der Waals surface area contributed by atoms with Crippen molar-refractivity contribution in [3.05, 3.63) is 120 Å². The molecule has 0 spiro atoms. The number of carbonyl (C=O) groups is 2. The van der Waals surface area contributed by atoms with Gasteiger partial charge < -0.3 is 9.47 Å². The van der Waals surface area contributed by atoms with Gasteiger partial charge in [0.2, 0.25) is 0 Å². The quantitative estimate of drug-likeness (QED) is 0.128. The van der Waals surface area contributed by atoms with E-state index in [0.717, 1.165) is 16.3 Å². The Morgan fingerprint density at radius 2 is 1.56 bits per heavy atom. The van der Waals surface area contributed by atoms with Crippen molar-refractivity contribution in [2.75, 3.05) is 6.61 Å². The van der Waals surface area contributed by atoms with E-state index >= 15 is 0 Å². The highest BCUT2D eigenvalue weighted by atomic mass is 16.5. The fraction of sp³-hybridized carbons (Fsp3) is 0.0357. The average molecular weight is 450 g/mol. The minimum absolute atomic E-state index is 0.341. The standard InChI is InChI=1S/C28H22N2O4/c1-2-18-33-23-16-12-22(13-17-23)27(31)30-29-19-20-10-14-24(15-11-20)34-28(32)26-9-5-7-21-6-3-4-8-25(21)26/h2-17,19H,1,18H2,(H,30,31)/b29-19+. The van der Waals surface area contributed by atoms with E-state index < -0.39 is 5.97 Å².